The summed E-state index contributed by atoms with van der Waals surface area (Å²) >= 11 is 0. The Morgan fingerprint density at radius 1 is 1.82 bits per heavy atom. The van der Waals surface area contributed by atoms with Gasteiger partial charge in [-0.3, -0.25) is 0 Å². The van der Waals surface area contributed by atoms with E-state index < -0.39 is 0 Å². The third kappa shape index (κ3) is 1.63. The van der Waals surface area contributed by atoms with E-state index in [2.05, 4.69) is 13.5 Å². The van der Waals surface area contributed by atoms with Gasteiger partial charge in [-0.25, -0.2) is 0 Å². The molecule has 0 aromatic heterocycles. The van der Waals surface area contributed by atoms with Crippen molar-refractivity contribution in [2.45, 2.75) is 26.1 Å². The van der Waals surface area contributed by atoms with Crippen molar-refractivity contribution < 1.29 is 9.47 Å². The monoisotopic (exact) mass is 156 g/mol. The minimum atomic E-state index is -0.0412. The fourth-order valence-electron chi connectivity index (χ4n) is 1.60. The van der Waals surface area contributed by atoms with Crippen molar-refractivity contribution in [2.75, 3.05) is 13.7 Å². The molecule has 0 aromatic carbocycles. The summed E-state index contributed by atoms with van der Waals surface area (Å²) in [5.41, 5.74) is 0.149. The van der Waals surface area contributed by atoms with E-state index in [1.165, 1.54) is 0 Å². The molecule has 0 amide bonds. The van der Waals surface area contributed by atoms with Crippen molar-refractivity contribution >= 4 is 0 Å². The fraction of sp³-hybridized carbons (Fsp3) is 0.778. The van der Waals surface area contributed by atoms with E-state index in [9.17, 15) is 0 Å². The summed E-state index contributed by atoms with van der Waals surface area (Å²) in [5, 5.41) is 0. The minimum absolute atomic E-state index is 0.0412. The van der Waals surface area contributed by atoms with Crippen LogP contribution in [0.3, 0.4) is 0 Å². The van der Waals surface area contributed by atoms with Crippen molar-refractivity contribution in [2.24, 2.45) is 5.41 Å². The lowest BCUT2D eigenvalue weighted by atomic mass is 9.85. The molecule has 1 fully saturated rings. The van der Waals surface area contributed by atoms with Gasteiger partial charge in [-0.15, -0.1) is 6.58 Å². The van der Waals surface area contributed by atoms with Crippen molar-refractivity contribution in [1.82, 2.24) is 0 Å². The van der Waals surface area contributed by atoms with Gasteiger partial charge in [0, 0.05) is 12.5 Å². The molecule has 2 heteroatoms. The largest absolute Gasteiger partial charge is 0.355 e. The molecule has 1 heterocycles. The van der Waals surface area contributed by atoms with Crippen LogP contribution in [0.2, 0.25) is 0 Å². The average Bonchev–Trinajstić information content (AvgIpc) is 2.31. The molecule has 1 unspecified atom stereocenters. The lowest BCUT2D eigenvalue weighted by Gasteiger charge is -2.26. The summed E-state index contributed by atoms with van der Waals surface area (Å²) in [5.74, 6) is 0. The van der Waals surface area contributed by atoms with Gasteiger partial charge in [0.25, 0.3) is 0 Å². The second-order valence-corrected chi connectivity index (χ2v) is 3.34. The van der Waals surface area contributed by atoms with Gasteiger partial charge in [0.05, 0.1) is 6.61 Å². The Hall–Kier alpha value is -0.340. The van der Waals surface area contributed by atoms with Gasteiger partial charge in [-0.1, -0.05) is 13.0 Å². The number of rotatable bonds is 3. The van der Waals surface area contributed by atoms with Crippen molar-refractivity contribution in [1.29, 1.82) is 0 Å². The van der Waals surface area contributed by atoms with E-state index in [0.717, 1.165) is 19.4 Å². The number of hydrogen-bond donors (Lipinski definition) is 0. The van der Waals surface area contributed by atoms with Gasteiger partial charge >= 0.3 is 0 Å². The molecule has 0 N–H and O–H groups in total. The third-order valence-corrected chi connectivity index (χ3v) is 2.34. The molecular formula is C9H16O2. The first-order chi connectivity index (χ1) is 5.23. The number of hydrogen-bond acceptors (Lipinski definition) is 2. The highest BCUT2D eigenvalue weighted by Crippen LogP contribution is 2.38. The second-order valence-electron chi connectivity index (χ2n) is 3.34. The van der Waals surface area contributed by atoms with Crippen molar-refractivity contribution in [3.05, 3.63) is 12.7 Å². The SMILES string of the molecule is C=CC[C@]1(C)CCOC1OC. The summed E-state index contributed by atoms with van der Waals surface area (Å²) in [6.45, 7) is 6.71. The molecule has 0 saturated carbocycles. The van der Waals surface area contributed by atoms with Crippen LogP contribution in [0.25, 0.3) is 0 Å². The molecule has 1 saturated heterocycles. The minimum Gasteiger partial charge on any atom is -0.355 e. The molecule has 0 aliphatic carbocycles. The van der Waals surface area contributed by atoms with Crippen LogP contribution in [0.1, 0.15) is 19.8 Å². The van der Waals surface area contributed by atoms with Gasteiger partial charge in [0.2, 0.25) is 0 Å². The molecule has 0 bridgehead atoms. The first-order valence-corrected chi connectivity index (χ1v) is 3.98. The molecule has 2 atom stereocenters. The molecule has 1 rings (SSSR count). The zero-order chi connectivity index (χ0) is 8.32. The quantitative estimate of drug-likeness (QED) is 0.581. The number of methoxy groups -OCH3 is 1. The van der Waals surface area contributed by atoms with Gasteiger partial charge in [-0.05, 0) is 12.8 Å². The van der Waals surface area contributed by atoms with Crippen LogP contribution in [-0.2, 0) is 9.47 Å². The topological polar surface area (TPSA) is 18.5 Å². The Balaban J connectivity index is 2.58. The Morgan fingerprint density at radius 2 is 2.55 bits per heavy atom. The zero-order valence-corrected chi connectivity index (χ0v) is 7.30. The van der Waals surface area contributed by atoms with Crippen LogP contribution in [0.5, 0.6) is 0 Å². The molecule has 2 nitrogen and oxygen atoms in total. The zero-order valence-electron chi connectivity index (χ0n) is 7.30. The highest BCUT2D eigenvalue weighted by molar-refractivity contribution is 4.88. The first kappa shape index (κ1) is 8.75. The summed E-state index contributed by atoms with van der Waals surface area (Å²) in [6.07, 6.45) is 3.92. The second kappa shape index (κ2) is 3.37. The fourth-order valence-corrected chi connectivity index (χ4v) is 1.60. The lowest BCUT2D eigenvalue weighted by Crippen LogP contribution is -2.28. The van der Waals surface area contributed by atoms with Gasteiger partial charge in [0.15, 0.2) is 6.29 Å². The average molecular weight is 156 g/mol. The molecule has 64 valence electrons. The third-order valence-electron chi connectivity index (χ3n) is 2.34. The highest BCUT2D eigenvalue weighted by Gasteiger charge is 2.38. The molecule has 0 aromatic rings. The normalized spacial score (nSPS) is 37.5. The van der Waals surface area contributed by atoms with E-state index in [1.807, 2.05) is 6.08 Å². The maximum absolute atomic E-state index is 5.40. The lowest BCUT2D eigenvalue weighted by molar-refractivity contribution is -0.136. The number of allylic oxidation sites excluding steroid dienone is 1. The van der Waals surface area contributed by atoms with Gasteiger partial charge in [0.1, 0.15) is 0 Å². The maximum Gasteiger partial charge on any atom is 0.162 e. The predicted molar refractivity (Wildman–Crippen MR) is 44.3 cm³/mol. The van der Waals surface area contributed by atoms with Crippen LogP contribution in [0.15, 0.2) is 12.7 Å². The van der Waals surface area contributed by atoms with Crippen LogP contribution < -0.4 is 0 Å². The molecule has 11 heavy (non-hydrogen) atoms. The summed E-state index contributed by atoms with van der Waals surface area (Å²) in [7, 11) is 1.69. The molecule has 1 aliphatic heterocycles. The maximum atomic E-state index is 5.40. The Morgan fingerprint density at radius 3 is 3.09 bits per heavy atom. The van der Waals surface area contributed by atoms with Crippen LogP contribution in [-0.4, -0.2) is 20.0 Å². The molecule has 0 spiro atoms. The first-order valence-electron chi connectivity index (χ1n) is 3.98. The predicted octanol–water partition coefficient (Wildman–Crippen LogP) is 1.96. The van der Waals surface area contributed by atoms with Crippen LogP contribution in [0, 0.1) is 5.41 Å². The van der Waals surface area contributed by atoms with Crippen LogP contribution in [0.4, 0.5) is 0 Å². The molecule has 1 aliphatic rings. The summed E-state index contributed by atoms with van der Waals surface area (Å²) in [6, 6.07) is 0. The Bertz CT molecular complexity index is 144. The smallest absolute Gasteiger partial charge is 0.162 e. The van der Waals surface area contributed by atoms with E-state index in [4.69, 9.17) is 9.47 Å². The number of ether oxygens (including phenoxy) is 2. The highest BCUT2D eigenvalue weighted by atomic mass is 16.7. The standard InChI is InChI=1S/C9H16O2/c1-4-5-9(2)6-7-11-8(9)10-3/h4,8H,1,5-7H2,2-3H3/t8?,9-/m1/s1. The van der Waals surface area contributed by atoms with Gasteiger partial charge < -0.3 is 9.47 Å². The van der Waals surface area contributed by atoms with E-state index in [0.29, 0.717) is 0 Å². The molecule has 0 radical (unpaired) electrons. The van der Waals surface area contributed by atoms with Crippen molar-refractivity contribution in [3.8, 4) is 0 Å². The van der Waals surface area contributed by atoms with Gasteiger partial charge in [-0.2, -0.15) is 0 Å². The Labute approximate surface area is 68.2 Å². The van der Waals surface area contributed by atoms with E-state index in [1.54, 1.807) is 7.11 Å². The van der Waals surface area contributed by atoms with E-state index in [-0.39, 0.29) is 11.7 Å². The summed E-state index contributed by atoms with van der Waals surface area (Å²) < 4.78 is 10.6. The molecular weight excluding hydrogens is 140 g/mol. The Kier molecular flexibility index (Phi) is 2.68. The van der Waals surface area contributed by atoms with E-state index >= 15 is 0 Å². The van der Waals surface area contributed by atoms with Crippen molar-refractivity contribution in [3.63, 3.8) is 0 Å². The summed E-state index contributed by atoms with van der Waals surface area (Å²) in [4.78, 5) is 0. The van der Waals surface area contributed by atoms with Crippen LogP contribution >= 0.6 is 0 Å².